The summed E-state index contributed by atoms with van der Waals surface area (Å²) in [7, 11) is 4.50. The largest absolute Gasteiger partial charge is 0.493 e. The summed E-state index contributed by atoms with van der Waals surface area (Å²) in [5.41, 5.74) is 1.03. The topological polar surface area (TPSA) is 56.8 Å². The predicted molar refractivity (Wildman–Crippen MR) is 85.5 cm³/mol. The van der Waals surface area contributed by atoms with Gasteiger partial charge in [-0.3, -0.25) is 4.79 Å². The van der Waals surface area contributed by atoms with E-state index in [2.05, 4.69) is 5.32 Å². The van der Waals surface area contributed by atoms with Gasteiger partial charge in [0.1, 0.15) is 0 Å². The summed E-state index contributed by atoms with van der Waals surface area (Å²) in [6.07, 6.45) is 0. The second-order valence-corrected chi connectivity index (χ2v) is 4.81. The molecule has 1 amide bonds. The second-order valence-electron chi connectivity index (χ2n) is 4.38. The molecule has 2 aromatic carbocycles. The molecule has 0 spiro atoms. The average molecular weight is 322 g/mol. The molecule has 0 fully saturated rings. The van der Waals surface area contributed by atoms with Crippen molar-refractivity contribution in [2.75, 3.05) is 26.6 Å². The maximum Gasteiger partial charge on any atom is 0.255 e. The number of ether oxygens (including phenoxy) is 3. The van der Waals surface area contributed by atoms with Gasteiger partial charge < -0.3 is 19.5 Å². The molecule has 0 aliphatic carbocycles. The lowest BCUT2D eigenvalue weighted by atomic mass is 10.1. The van der Waals surface area contributed by atoms with Crippen molar-refractivity contribution >= 4 is 23.2 Å². The standard InChI is InChI=1S/C16H16ClNO4/c1-20-13-8-10(9-14(21-2)15(13)22-3)16(19)18-12-6-4-11(17)5-7-12/h4-9H,1-3H3,(H,18,19). The zero-order valence-electron chi connectivity index (χ0n) is 12.5. The molecule has 0 heterocycles. The van der Waals surface area contributed by atoms with Crippen LogP contribution in [-0.4, -0.2) is 27.2 Å². The SMILES string of the molecule is COc1cc(C(=O)Nc2ccc(Cl)cc2)cc(OC)c1OC. The highest BCUT2D eigenvalue weighted by Gasteiger charge is 2.17. The summed E-state index contributed by atoms with van der Waals surface area (Å²) in [5, 5.41) is 3.38. The van der Waals surface area contributed by atoms with Crippen molar-refractivity contribution in [3.8, 4) is 17.2 Å². The third-order valence-electron chi connectivity index (χ3n) is 3.03. The first-order valence-electron chi connectivity index (χ1n) is 6.46. The second kappa shape index (κ2) is 7.04. The molecule has 0 atom stereocenters. The number of amides is 1. The van der Waals surface area contributed by atoms with E-state index < -0.39 is 0 Å². The molecule has 0 saturated carbocycles. The molecule has 0 unspecified atom stereocenters. The molecule has 5 nitrogen and oxygen atoms in total. The van der Waals surface area contributed by atoms with E-state index >= 15 is 0 Å². The van der Waals surface area contributed by atoms with Crippen LogP contribution in [-0.2, 0) is 0 Å². The van der Waals surface area contributed by atoms with Crippen LogP contribution in [0.2, 0.25) is 5.02 Å². The van der Waals surface area contributed by atoms with Crippen molar-refractivity contribution in [3.63, 3.8) is 0 Å². The van der Waals surface area contributed by atoms with E-state index in [0.717, 1.165) is 0 Å². The minimum atomic E-state index is -0.290. The predicted octanol–water partition coefficient (Wildman–Crippen LogP) is 3.62. The van der Waals surface area contributed by atoms with Gasteiger partial charge in [-0.15, -0.1) is 0 Å². The van der Waals surface area contributed by atoms with Crippen LogP contribution in [0.15, 0.2) is 36.4 Å². The molecule has 0 bridgehead atoms. The molecular weight excluding hydrogens is 306 g/mol. The fourth-order valence-corrected chi connectivity index (χ4v) is 2.07. The van der Waals surface area contributed by atoms with Crippen LogP contribution >= 0.6 is 11.6 Å². The number of benzene rings is 2. The average Bonchev–Trinajstić information content (AvgIpc) is 2.55. The van der Waals surface area contributed by atoms with Crippen LogP contribution < -0.4 is 19.5 Å². The normalized spacial score (nSPS) is 10.0. The van der Waals surface area contributed by atoms with Gasteiger partial charge in [0.2, 0.25) is 5.75 Å². The quantitative estimate of drug-likeness (QED) is 0.914. The molecule has 2 rings (SSSR count). The maximum atomic E-state index is 12.3. The Bertz CT molecular complexity index is 645. The number of halogens is 1. The van der Waals surface area contributed by atoms with E-state index in [1.165, 1.54) is 21.3 Å². The van der Waals surface area contributed by atoms with Crippen molar-refractivity contribution < 1.29 is 19.0 Å². The smallest absolute Gasteiger partial charge is 0.255 e. The number of nitrogens with one attached hydrogen (secondary N) is 1. The van der Waals surface area contributed by atoms with E-state index in [9.17, 15) is 4.79 Å². The number of carbonyl (C=O) groups is 1. The molecule has 0 aliphatic rings. The first-order valence-corrected chi connectivity index (χ1v) is 6.83. The minimum Gasteiger partial charge on any atom is -0.493 e. The molecule has 2 aromatic rings. The summed E-state index contributed by atoms with van der Waals surface area (Å²) in [4.78, 5) is 12.3. The highest BCUT2D eigenvalue weighted by molar-refractivity contribution is 6.30. The van der Waals surface area contributed by atoms with Crippen molar-refractivity contribution in [1.82, 2.24) is 0 Å². The Morgan fingerprint density at radius 2 is 1.50 bits per heavy atom. The van der Waals surface area contributed by atoms with E-state index in [-0.39, 0.29) is 5.91 Å². The molecule has 116 valence electrons. The number of hydrogen-bond acceptors (Lipinski definition) is 4. The van der Waals surface area contributed by atoms with Gasteiger partial charge in [0, 0.05) is 16.3 Å². The molecule has 22 heavy (non-hydrogen) atoms. The number of rotatable bonds is 5. The Hall–Kier alpha value is -2.40. The Balaban J connectivity index is 2.31. The van der Waals surface area contributed by atoms with E-state index in [0.29, 0.717) is 33.5 Å². The summed E-state index contributed by atoms with van der Waals surface area (Å²) in [6, 6.07) is 10.0. The van der Waals surface area contributed by atoms with Gasteiger partial charge in [-0.25, -0.2) is 0 Å². The van der Waals surface area contributed by atoms with Gasteiger partial charge in [-0.1, -0.05) is 11.6 Å². The lowest BCUT2D eigenvalue weighted by molar-refractivity contribution is 0.102. The lowest BCUT2D eigenvalue weighted by Crippen LogP contribution is -2.12. The third kappa shape index (κ3) is 3.43. The molecule has 1 N–H and O–H groups in total. The van der Waals surface area contributed by atoms with Crippen molar-refractivity contribution in [2.24, 2.45) is 0 Å². The van der Waals surface area contributed by atoms with Gasteiger partial charge >= 0.3 is 0 Å². The van der Waals surface area contributed by atoms with Gasteiger partial charge in [0.25, 0.3) is 5.91 Å². The van der Waals surface area contributed by atoms with Crippen LogP contribution in [0.4, 0.5) is 5.69 Å². The maximum absolute atomic E-state index is 12.3. The van der Waals surface area contributed by atoms with Crippen LogP contribution in [0.3, 0.4) is 0 Å². The molecule has 0 aliphatic heterocycles. The first kappa shape index (κ1) is 16.0. The van der Waals surface area contributed by atoms with E-state index in [1.807, 2.05) is 0 Å². The summed E-state index contributed by atoms with van der Waals surface area (Å²) < 4.78 is 15.7. The van der Waals surface area contributed by atoms with Gasteiger partial charge in [-0.2, -0.15) is 0 Å². The fraction of sp³-hybridized carbons (Fsp3) is 0.188. The number of hydrogen-bond donors (Lipinski definition) is 1. The van der Waals surface area contributed by atoms with Crippen molar-refractivity contribution in [2.45, 2.75) is 0 Å². The molecule has 6 heteroatoms. The third-order valence-corrected chi connectivity index (χ3v) is 3.28. The van der Waals surface area contributed by atoms with Gasteiger partial charge in [0.05, 0.1) is 21.3 Å². The monoisotopic (exact) mass is 321 g/mol. The number of carbonyl (C=O) groups excluding carboxylic acids is 1. The van der Waals surface area contributed by atoms with Crippen LogP contribution in [0.1, 0.15) is 10.4 Å². The highest BCUT2D eigenvalue weighted by Crippen LogP contribution is 2.38. The zero-order valence-corrected chi connectivity index (χ0v) is 13.2. The molecule has 0 aromatic heterocycles. The van der Waals surface area contributed by atoms with Gasteiger partial charge in [0.15, 0.2) is 11.5 Å². The number of methoxy groups -OCH3 is 3. The molecule has 0 radical (unpaired) electrons. The minimum absolute atomic E-state index is 0.290. The van der Waals surface area contributed by atoms with E-state index in [4.69, 9.17) is 25.8 Å². The van der Waals surface area contributed by atoms with Crippen molar-refractivity contribution in [3.05, 3.63) is 47.0 Å². The zero-order chi connectivity index (χ0) is 16.1. The van der Waals surface area contributed by atoms with Crippen LogP contribution in [0, 0.1) is 0 Å². The van der Waals surface area contributed by atoms with Crippen molar-refractivity contribution in [1.29, 1.82) is 0 Å². The Kier molecular flexibility index (Phi) is 5.12. The van der Waals surface area contributed by atoms with Crippen LogP contribution in [0.5, 0.6) is 17.2 Å². The highest BCUT2D eigenvalue weighted by atomic mass is 35.5. The first-order chi connectivity index (χ1) is 10.6. The fourth-order valence-electron chi connectivity index (χ4n) is 1.95. The summed E-state index contributed by atoms with van der Waals surface area (Å²) in [5.74, 6) is 0.987. The Morgan fingerprint density at radius 3 is 1.95 bits per heavy atom. The number of anilines is 1. The summed E-state index contributed by atoms with van der Waals surface area (Å²) >= 11 is 5.82. The Morgan fingerprint density at radius 1 is 0.955 bits per heavy atom. The van der Waals surface area contributed by atoms with Crippen LogP contribution in [0.25, 0.3) is 0 Å². The van der Waals surface area contributed by atoms with E-state index in [1.54, 1.807) is 36.4 Å². The Labute approximate surface area is 133 Å². The molecular formula is C16H16ClNO4. The molecule has 0 saturated heterocycles. The lowest BCUT2D eigenvalue weighted by Gasteiger charge is -2.14. The summed E-state index contributed by atoms with van der Waals surface area (Å²) in [6.45, 7) is 0. The van der Waals surface area contributed by atoms with Gasteiger partial charge in [-0.05, 0) is 36.4 Å².